The number of rotatable bonds is 6. The van der Waals surface area contributed by atoms with Crippen LogP contribution in [0.2, 0.25) is 0 Å². The van der Waals surface area contributed by atoms with Gasteiger partial charge in [0.2, 0.25) is 6.79 Å². The number of fused-ring (bicyclic) bond motifs is 1. The first kappa shape index (κ1) is 19.0. The SMILES string of the molecule is CCCc1ccc(C(=O)CN2C(=O)N[C@@](C)(c3ccc4c(c3)OCO4)C2=O)cc1. The summed E-state index contributed by atoms with van der Waals surface area (Å²) < 4.78 is 10.7. The lowest BCUT2D eigenvalue weighted by atomic mass is 9.91. The standard InChI is InChI=1S/C22H22N2O5/c1-3-4-14-5-7-15(8-6-14)17(25)12-24-20(26)22(2,23-21(24)27)16-9-10-18-19(11-16)29-13-28-18/h5-11H,3-4,12-13H2,1-2H3,(H,23,27)/t22-/m0/s1. The molecular formula is C22H22N2O5. The molecule has 0 radical (unpaired) electrons. The Morgan fingerprint density at radius 1 is 1.10 bits per heavy atom. The Morgan fingerprint density at radius 2 is 1.83 bits per heavy atom. The number of nitrogens with one attached hydrogen (secondary N) is 1. The van der Waals surface area contributed by atoms with Crippen LogP contribution in [0.4, 0.5) is 4.79 Å². The fourth-order valence-electron chi connectivity index (χ4n) is 3.62. The van der Waals surface area contributed by atoms with E-state index in [0.717, 1.165) is 23.3 Å². The minimum atomic E-state index is -1.27. The monoisotopic (exact) mass is 394 g/mol. The summed E-state index contributed by atoms with van der Waals surface area (Å²) in [6.07, 6.45) is 1.96. The van der Waals surface area contributed by atoms with Crippen molar-refractivity contribution in [1.82, 2.24) is 10.2 Å². The van der Waals surface area contributed by atoms with Crippen molar-refractivity contribution in [3.8, 4) is 11.5 Å². The Labute approximate surface area is 168 Å². The second-order valence-electron chi connectivity index (χ2n) is 7.38. The molecule has 1 fully saturated rings. The van der Waals surface area contributed by atoms with Crippen molar-refractivity contribution in [2.75, 3.05) is 13.3 Å². The number of amides is 3. The molecular weight excluding hydrogens is 372 g/mol. The number of benzene rings is 2. The Kier molecular flexibility index (Phi) is 4.74. The summed E-state index contributed by atoms with van der Waals surface area (Å²) in [6, 6.07) is 11.8. The number of urea groups is 1. The van der Waals surface area contributed by atoms with Crippen molar-refractivity contribution in [2.45, 2.75) is 32.2 Å². The smallest absolute Gasteiger partial charge is 0.325 e. The van der Waals surface area contributed by atoms with Gasteiger partial charge in [-0.2, -0.15) is 0 Å². The predicted molar refractivity (Wildman–Crippen MR) is 105 cm³/mol. The van der Waals surface area contributed by atoms with Gasteiger partial charge >= 0.3 is 6.03 Å². The van der Waals surface area contributed by atoms with Crippen molar-refractivity contribution in [3.63, 3.8) is 0 Å². The number of Topliss-reactive ketones (excluding diaryl/α,β-unsaturated/α-hetero) is 1. The van der Waals surface area contributed by atoms with Crippen LogP contribution in [0.1, 0.15) is 41.8 Å². The summed E-state index contributed by atoms with van der Waals surface area (Å²) in [5.74, 6) is 0.351. The summed E-state index contributed by atoms with van der Waals surface area (Å²) in [5.41, 5.74) is 0.916. The Balaban J connectivity index is 1.52. The van der Waals surface area contributed by atoms with Crippen molar-refractivity contribution >= 4 is 17.7 Å². The molecule has 0 spiro atoms. The molecule has 7 heteroatoms. The topological polar surface area (TPSA) is 84.9 Å². The van der Waals surface area contributed by atoms with E-state index in [9.17, 15) is 14.4 Å². The Morgan fingerprint density at radius 3 is 2.55 bits per heavy atom. The third kappa shape index (κ3) is 3.33. The van der Waals surface area contributed by atoms with E-state index in [2.05, 4.69) is 12.2 Å². The van der Waals surface area contributed by atoms with Crippen LogP contribution in [-0.4, -0.2) is 36.0 Å². The van der Waals surface area contributed by atoms with Crippen molar-refractivity contribution in [3.05, 3.63) is 59.2 Å². The van der Waals surface area contributed by atoms with Crippen molar-refractivity contribution in [2.24, 2.45) is 0 Å². The van der Waals surface area contributed by atoms with E-state index in [0.29, 0.717) is 22.6 Å². The fourth-order valence-corrected chi connectivity index (χ4v) is 3.62. The second kappa shape index (κ2) is 7.24. The molecule has 0 aliphatic carbocycles. The van der Waals surface area contributed by atoms with Gasteiger partial charge in [0, 0.05) is 5.56 Å². The minimum absolute atomic E-state index is 0.119. The maximum atomic E-state index is 13.1. The summed E-state index contributed by atoms with van der Waals surface area (Å²) in [6.45, 7) is 3.52. The highest BCUT2D eigenvalue weighted by atomic mass is 16.7. The zero-order valence-electron chi connectivity index (χ0n) is 16.4. The first-order valence-electron chi connectivity index (χ1n) is 9.59. The van der Waals surface area contributed by atoms with E-state index < -0.39 is 17.5 Å². The lowest BCUT2D eigenvalue weighted by Gasteiger charge is -2.22. The van der Waals surface area contributed by atoms with Gasteiger partial charge in [-0.25, -0.2) is 4.79 Å². The Hall–Kier alpha value is -3.35. The molecule has 0 aromatic heterocycles. The fraction of sp³-hybridized carbons (Fsp3) is 0.318. The lowest BCUT2D eigenvalue weighted by molar-refractivity contribution is -0.130. The molecule has 29 heavy (non-hydrogen) atoms. The number of hydrogen-bond donors (Lipinski definition) is 1. The number of ketones is 1. The molecule has 7 nitrogen and oxygen atoms in total. The third-order valence-corrected chi connectivity index (χ3v) is 5.34. The predicted octanol–water partition coefficient (Wildman–Crippen LogP) is 3.02. The van der Waals surface area contributed by atoms with Gasteiger partial charge in [0.25, 0.3) is 5.91 Å². The largest absolute Gasteiger partial charge is 0.454 e. The van der Waals surface area contributed by atoms with E-state index in [1.54, 1.807) is 37.3 Å². The van der Waals surface area contributed by atoms with Crippen molar-refractivity contribution < 1.29 is 23.9 Å². The van der Waals surface area contributed by atoms with Crippen LogP contribution in [0.3, 0.4) is 0 Å². The van der Waals surface area contributed by atoms with Gasteiger partial charge in [0.1, 0.15) is 5.54 Å². The molecule has 150 valence electrons. The molecule has 0 unspecified atom stereocenters. The number of nitrogens with zero attached hydrogens (tertiary/aromatic N) is 1. The van der Waals surface area contributed by atoms with Gasteiger partial charge in [-0.05, 0) is 36.6 Å². The number of ether oxygens (including phenoxy) is 2. The zero-order chi connectivity index (χ0) is 20.6. The van der Waals surface area contributed by atoms with E-state index in [1.807, 2.05) is 12.1 Å². The zero-order valence-corrected chi connectivity index (χ0v) is 16.4. The molecule has 2 heterocycles. The highest BCUT2D eigenvalue weighted by molar-refractivity contribution is 6.11. The molecule has 2 aromatic rings. The molecule has 1 saturated heterocycles. The first-order valence-corrected chi connectivity index (χ1v) is 9.59. The Bertz CT molecular complexity index is 985. The molecule has 3 amide bonds. The number of hydrogen-bond acceptors (Lipinski definition) is 5. The molecule has 2 aromatic carbocycles. The summed E-state index contributed by atoms with van der Waals surface area (Å²) in [4.78, 5) is 39.2. The van der Waals surface area contributed by atoms with Gasteiger partial charge in [0.15, 0.2) is 17.3 Å². The molecule has 2 aliphatic heterocycles. The van der Waals surface area contributed by atoms with E-state index in [-0.39, 0.29) is 19.1 Å². The normalized spacial score (nSPS) is 20.1. The van der Waals surface area contributed by atoms with Gasteiger partial charge < -0.3 is 14.8 Å². The minimum Gasteiger partial charge on any atom is -0.454 e. The number of carbonyl (C=O) groups is 3. The number of imide groups is 1. The number of carbonyl (C=O) groups excluding carboxylic acids is 3. The van der Waals surface area contributed by atoms with Crippen LogP contribution < -0.4 is 14.8 Å². The molecule has 0 saturated carbocycles. The summed E-state index contributed by atoms with van der Waals surface area (Å²) in [7, 11) is 0. The van der Waals surface area contributed by atoms with Gasteiger partial charge in [-0.1, -0.05) is 43.7 Å². The average molecular weight is 394 g/mol. The van der Waals surface area contributed by atoms with Crippen LogP contribution in [0, 0.1) is 0 Å². The van der Waals surface area contributed by atoms with Crippen molar-refractivity contribution in [1.29, 1.82) is 0 Å². The molecule has 1 atom stereocenters. The van der Waals surface area contributed by atoms with Gasteiger partial charge in [0.05, 0.1) is 6.54 Å². The van der Waals surface area contributed by atoms with E-state index >= 15 is 0 Å². The summed E-state index contributed by atoms with van der Waals surface area (Å²) >= 11 is 0. The maximum Gasteiger partial charge on any atom is 0.325 e. The quantitative estimate of drug-likeness (QED) is 0.601. The summed E-state index contributed by atoms with van der Waals surface area (Å²) in [5, 5.41) is 2.71. The molecule has 0 bridgehead atoms. The van der Waals surface area contributed by atoms with E-state index in [4.69, 9.17) is 9.47 Å². The van der Waals surface area contributed by atoms with Crippen LogP contribution >= 0.6 is 0 Å². The van der Waals surface area contributed by atoms with Crippen LogP contribution in [0.25, 0.3) is 0 Å². The van der Waals surface area contributed by atoms with E-state index in [1.165, 1.54) is 0 Å². The first-order chi connectivity index (χ1) is 13.9. The average Bonchev–Trinajstić information content (AvgIpc) is 3.27. The molecule has 1 N–H and O–H groups in total. The highest BCUT2D eigenvalue weighted by Crippen LogP contribution is 2.37. The third-order valence-electron chi connectivity index (χ3n) is 5.34. The van der Waals surface area contributed by atoms with Gasteiger partial charge in [-0.3, -0.25) is 14.5 Å². The second-order valence-corrected chi connectivity index (χ2v) is 7.38. The van der Waals surface area contributed by atoms with Crippen LogP contribution in [0.5, 0.6) is 11.5 Å². The highest BCUT2D eigenvalue weighted by Gasteiger charge is 2.49. The molecule has 4 rings (SSSR count). The lowest BCUT2D eigenvalue weighted by Crippen LogP contribution is -2.41. The maximum absolute atomic E-state index is 13.1. The van der Waals surface area contributed by atoms with Crippen LogP contribution in [0.15, 0.2) is 42.5 Å². The number of aryl methyl sites for hydroxylation is 1. The van der Waals surface area contributed by atoms with Crippen LogP contribution in [-0.2, 0) is 16.8 Å². The molecule has 2 aliphatic rings. The van der Waals surface area contributed by atoms with Gasteiger partial charge in [-0.15, -0.1) is 0 Å².